The molecule has 3 unspecified atom stereocenters. The quantitative estimate of drug-likeness (QED) is 0.840. The van der Waals surface area contributed by atoms with Crippen LogP contribution in [-0.2, 0) is 18.2 Å². The van der Waals surface area contributed by atoms with Crippen LogP contribution in [0.4, 0.5) is 0 Å². The van der Waals surface area contributed by atoms with E-state index in [1.165, 1.54) is 0 Å². The highest BCUT2D eigenvalue weighted by molar-refractivity contribution is 5.82. The van der Waals surface area contributed by atoms with Gasteiger partial charge >= 0.3 is 0 Å². The molecule has 1 aromatic carbocycles. The van der Waals surface area contributed by atoms with Crippen LogP contribution in [0.1, 0.15) is 25.0 Å². The summed E-state index contributed by atoms with van der Waals surface area (Å²) in [6.07, 6.45) is 4.07. The van der Waals surface area contributed by atoms with Gasteiger partial charge in [-0.15, -0.1) is 0 Å². The van der Waals surface area contributed by atoms with Crippen molar-refractivity contribution in [3.8, 4) is 6.07 Å². The number of fused-ring (bicyclic) bond motifs is 3. The molecule has 20 heavy (non-hydrogen) atoms. The van der Waals surface area contributed by atoms with E-state index in [1.807, 2.05) is 23.9 Å². The Labute approximate surface area is 117 Å². The van der Waals surface area contributed by atoms with Crippen molar-refractivity contribution < 1.29 is 4.74 Å². The second-order valence-corrected chi connectivity index (χ2v) is 6.06. The molecule has 0 saturated carbocycles. The van der Waals surface area contributed by atoms with E-state index in [4.69, 9.17) is 4.74 Å². The number of nitriles is 1. The summed E-state index contributed by atoms with van der Waals surface area (Å²) < 4.78 is 7.82. The molecule has 1 aromatic heterocycles. The summed E-state index contributed by atoms with van der Waals surface area (Å²) in [5.41, 5.74) is 1.78. The maximum Gasteiger partial charge on any atom is 0.0915 e. The average molecular weight is 267 g/mol. The number of hydrogen-bond acceptors (Lipinski definition) is 3. The number of rotatable bonds is 2. The largest absolute Gasteiger partial charge is 0.373 e. The van der Waals surface area contributed by atoms with Crippen molar-refractivity contribution in [1.82, 2.24) is 9.78 Å². The van der Waals surface area contributed by atoms with Gasteiger partial charge in [-0.2, -0.15) is 10.4 Å². The number of para-hydroxylation sites is 1. The molecule has 0 amide bonds. The first-order valence-corrected chi connectivity index (χ1v) is 7.19. The Morgan fingerprint density at radius 3 is 3.00 bits per heavy atom. The molecule has 4 heteroatoms. The Morgan fingerprint density at radius 1 is 1.45 bits per heavy atom. The topological polar surface area (TPSA) is 50.8 Å². The van der Waals surface area contributed by atoms with Crippen LogP contribution in [0.3, 0.4) is 0 Å². The Bertz CT molecular complexity index is 714. The molecule has 0 spiro atoms. The predicted molar refractivity (Wildman–Crippen MR) is 75.0 cm³/mol. The molecule has 0 radical (unpaired) electrons. The third kappa shape index (κ3) is 1.53. The van der Waals surface area contributed by atoms with E-state index in [0.29, 0.717) is 6.42 Å². The zero-order valence-corrected chi connectivity index (χ0v) is 11.5. The Morgan fingerprint density at radius 2 is 2.30 bits per heavy atom. The van der Waals surface area contributed by atoms with Crippen molar-refractivity contribution in [3.63, 3.8) is 0 Å². The average Bonchev–Trinajstić information content (AvgIpc) is 3.14. The Hall–Kier alpha value is -1.86. The number of benzene rings is 1. The first kappa shape index (κ1) is 11.9. The zero-order valence-electron chi connectivity index (χ0n) is 11.5. The fourth-order valence-electron chi connectivity index (χ4n) is 3.86. The summed E-state index contributed by atoms with van der Waals surface area (Å²) in [4.78, 5) is 0. The van der Waals surface area contributed by atoms with Gasteiger partial charge in [0, 0.05) is 18.9 Å². The summed E-state index contributed by atoms with van der Waals surface area (Å²) >= 11 is 0. The van der Waals surface area contributed by atoms with E-state index >= 15 is 0 Å². The lowest BCUT2D eigenvalue weighted by atomic mass is 9.72. The van der Waals surface area contributed by atoms with Crippen LogP contribution in [0.25, 0.3) is 10.9 Å². The second-order valence-electron chi connectivity index (χ2n) is 6.06. The van der Waals surface area contributed by atoms with Gasteiger partial charge in [-0.3, -0.25) is 4.68 Å². The Balaban J connectivity index is 1.76. The lowest BCUT2D eigenvalue weighted by Crippen LogP contribution is -2.33. The van der Waals surface area contributed by atoms with Crippen molar-refractivity contribution in [2.45, 2.75) is 37.9 Å². The monoisotopic (exact) mass is 267 g/mol. The summed E-state index contributed by atoms with van der Waals surface area (Å²) in [6.45, 7) is 0. The minimum atomic E-state index is -0.375. The highest BCUT2D eigenvalue weighted by atomic mass is 16.5. The van der Waals surface area contributed by atoms with Crippen LogP contribution in [-0.4, -0.2) is 22.0 Å². The SMILES string of the molecule is Cn1nc(CC2(C#N)CC3CCC2O3)c2ccccc21. The van der Waals surface area contributed by atoms with Gasteiger partial charge in [0.15, 0.2) is 0 Å². The zero-order chi connectivity index (χ0) is 13.7. The first-order chi connectivity index (χ1) is 9.72. The summed E-state index contributed by atoms with van der Waals surface area (Å²) in [6, 6.07) is 10.8. The molecule has 4 rings (SSSR count). The number of aromatic nitrogens is 2. The van der Waals surface area contributed by atoms with E-state index in [9.17, 15) is 5.26 Å². The molecular weight excluding hydrogens is 250 g/mol. The van der Waals surface area contributed by atoms with E-state index in [2.05, 4.69) is 23.3 Å². The molecule has 2 bridgehead atoms. The van der Waals surface area contributed by atoms with Gasteiger partial charge in [0.05, 0.1) is 34.9 Å². The van der Waals surface area contributed by atoms with Crippen LogP contribution in [0.2, 0.25) is 0 Å². The molecule has 2 aliphatic heterocycles. The van der Waals surface area contributed by atoms with Crippen molar-refractivity contribution in [2.75, 3.05) is 0 Å². The third-order valence-corrected chi connectivity index (χ3v) is 4.86. The van der Waals surface area contributed by atoms with Crippen molar-refractivity contribution in [2.24, 2.45) is 12.5 Å². The molecule has 0 aliphatic carbocycles. The van der Waals surface area contributed by atoms with Gasteiger partial charge in [0.1, 0.15) is 0 Å². The summed E-state index contributed by atoms with van der Waals surface area (Å²) in [7, 11) is 1.96. The molecule has 2 aromatic rings. The maximum atomic E-state index is 9.71. The van der Waals surface area contributed by atoms with Gasteiger partial charge in [-0.25, -0.2) is 0 Å². The van der Waals surface area contributed by atoms with Gasteiger partial charge in [0.2, 0.25) is 0 Å². The van der Waals surface area contributed by atoms with Crippen LogP contribution in [0.15, 0.2) is 24.3 Å². The van der Waals surface area contributed by atoms with Crippen molar-refractivity contribution in [3.05, 3.63) is 30.0 Å². The first-order valence-electron chi connectivity index (χ1n) is 7.19. The third-order valence-electron chi connectivity index (χ3n) is 4.86. The van der Waals surface area contributed by atoms with Gasteiger partial charge in [0.25, 0.3) is 0 Å². The predicted octanol–water partition coefficient (Wildman–Crippen LogP) is 2.58. The van der Waals surface area contributed by atoms with Crippen LogP contribution < -0.4 is 0 Å². The lowest BCUT2D eigenvalue weighted by Gasteiger charge is -2.27. The van der Waals surface area contributed by atoms with Crippen LogP contribution in [0.5, 0.6) is 0 Å². The minimum absolute atomic E-state index is 0.0956. The molecule has 3 atom stereocenters. The molecule has 2 aliphatic rings. The van der Waals surface area contributed by atoms with E-state index < -0.39 is 0 Å². The van der Waals surface area contributed by atoms with Gasteiger partial charge < -0.3 is 4.74 Å². The highest BCUT2D eigenvalue weighted by Gasteiger charge is 2.53. The summed E-state index contributed by atoms with van der Waals surface area (Å²) in [5, 5.41) is 15.5. The molecule has 0 N–H and O–H groups in total. The van der Waals surface area contributed by atoms with E-state index in [1.54, 1.807) is 0 Å². The van der Waals surface area contributed by atoms with E-state index in [-0.39, 0.29) is 17.6 Å². The highest BCUT2D eigenvalue weighted by Crippen LogP contribution is 2.49. The standard InChI is InChI=1S/C16H17N3O/c1-19-14-5-3-2-4-12(14)13(18-19)9-16(10-17)8-11-6-7-15(16)20-11/h2-5,11,15H,6-9H2,1H3. The normalized spacial score (nSPS) is 31.8. The molecular formula is C16H17N3O. The lowest BCUT2D eigenvalue weighted by molar-refractivity contribution is 0.0785. The molecule has 2 fully saturated rings. The van der Waals surface area contributed by atoms with E-state index in [0.717, 1.165) is 35.9 Å². The number of hydrogen-bond donors (Lipinski definition) is 0. The fourth-order valence-corrected chi connectivity index (χ4v) is 3.86. The second kappa shape index (κ2) is 4.07. The fraction of sp³-hybridized carbons (Fsp3) is 0.500. The number of nitrogens with zero attached hydrogens (tertiary/aromatic N) is 3. The molecule has 102 valence electrons. The summed E-state index contributed by atoms with van der Waals surface area (Å²) in [5.74, 6) is 0. The van der Waals surface area contributed by atoms with Gasteiger partial charge in [-0.05, 0) is 25.3 Å². The number of ether oxygens (including phenoxy) is 1. The van der Waals surface area contributed by atoms with Crippen LogP contribution >= 0.6 is 0 Å². The smallest absolute Gasteiger partial charge is 0.0915 e. The minimum Gasteiger partial charge on any atom is -0.373 e. The molecule has 4 nitrogen and oxygen atoms in total. The number of aryl methyl sites for hydroxylation is 1. The van der Waals surface area contributed by atoms with Crippen molar-refractivity contribution in [1.29, 1.82) is 5.26 Å². The van der Waals surface area contributed by atoms with Crippen molar-refractivity contribution >= 4 is 10.9 Å². The van der Waals surface area contributed by atoms with Crippen LogP contribution in [0, 0.1) is 16.7 Å². The Kier molecular flexibility index (Phi) is 2.42. The molecule has 2 saturated heterocycles. The van der Waals surface area contributed by atoms with Gasteiger partial charge in [-0.1, -0.05) is 18.2 Å². The molecule has 3 heterocycles. The maximum absolute atomic E-state index is 9.71.